The van der Waals surface area contributed by atoms with Gasteiger partial charge in [-0.05, 0) is 37.1 Å². The SMILES string of the molecule is O=C1CCCCC1C1CC(=O)N(c2ccc(Cl)cc2)C1=O. The van der Waals surface area contributed by atoms with Crippen LogP contribution >= 0.6 is 11.6 Å². The summed E-state index contributed by atoms with van der Waals surface area (Å²) in [5.41, 5.74) is 0.528. The molecule has 2 unspecified atom stereocenters. The number of imide groups is 1. The third-order valence-electron chi connectivity index (χ3n) is 4.35. The van der Waals surface area contributed by atoms with Gasteiger partial charge in [0.05, 0.1) is 11.6 Å². The van der Waals surface area contributed by atoms with Crippen LogP contribution in [-0.4, -0.2) is 17.6 Å². The number of halogens is 1. The van der Waals surface area contributed by atoms with Gasteiger partial charge in [-0.3, -0.25) is 19.3 Å². The summed E-state index contributed by atoms with van der Waals surface area (Å²) in [5.74, 6) is -1.12. The second kappa shape index (κ2) is 5.60. The lowest BCUT2D eigenvalue weighted by molar-refractivity contribution is -0.132. The fourth-order valence-electron chi connectivity index (χ4n) is 3.27. The summed E-state index contributed by atoms with van der Waals surface area (Å²) in [6.45, 7) is 0. The van der Waals surface area contributed by atoms with Crippen LogP contribution in [0.5, 0.6) is 0 Å². The van der Waals surface area contributed by atoms with Crippen LogP contribution in [0.1, 0.15) is 32.1 Å². The molecule has 1 aromatic rings. The van der Waals surface area contributed by atoms with Crippen LogP contribution in [0.3, 0.4) is 0 Å². The molecule has 1 saturated carbocycles. The van der Waals surface area contributed by atoms with Crippen molar-refractivity contribution in [3.63, 3.8) is 0 Å². The Morgan fingerprint density at radius 3 is 2.38 bits per heavy atom. The van der Waals surface area contributed by atoms with Crippen LogP contribution in [0.2, 0.25) is 5.02 Å². The van der Waals surface area contributed by atoms with Crippen molar-refractivity contribution in [2.45, 2.75) is 32.1 Å². The topological polar surface area (TPSA) is 54.5 Å². The number of hydrogen-bond donors (Lipinski definition) is 0. The van der Waals surface area contributed by atoms with E-state index >= 15 is 0 Å². The largest absolute Gasteiger partial charge is 0.299 e. The number of rotatable bonds is 2. The van der Waals surface area contributed by atoms with E-state index in [-0.39, 0.29) is 29.9 Å². The van der Waals surface area contributed by atoms with Crippen molar-refractivity contribution in [3.8, 4) is 0 Å². The minimum Gasteiger partial charge on any atom is -0.299 e. The number of amides is 2. The first-order chi connectivity index (χ1) is 10.1. The zero-order valence-electron chi connectivity index (χ0n) is 11.5. The molecule has 4 nitrogen and oxygen atoms in total. The molecule has 0 aromatic heterocycles. The number of benzene rings is 1. The zero-order chi connectivity index (χ0) is 15.0. The molecule has 2 fully saturated rings. The van der Waals surface area contributed by atoms with Gasteiger partial charge >= 0.3 is 0 Å². The highest BCUT2D eigenvalue weighted by Crippen LogP contribution is 2.36. The van der Waals surface area contributed by atoms with Crippen LogP contribution in [0.15, 0.2) is 24.3 Å². The van der Waals surface area contributed by atoms with E-state index in [1.807, 2.05) is 0 Å². The Labute approximate surface area is 128 Å². The van der Waals surface area contributed by atoms with Crippen LogP contribution in [0, 0.1) is 11.8 Å². The van der Waals surface area contributed by atoms with Crippen molar-refractivity contribution in [3.05, 3.63) is 29.3 Å². The van der Waals surface area contributed by atoms with Gasteiger partial charge in [-0.2, -0.15) is 0 Å². The fraction of sp³-hybridized carbons (Fsp3) is 0.438. The zero-order valence-corrected chi connectivity index (χ0v) is 12.3. The molecule has 0 spiro atoms. The molecule has 1 aliphatic carbocycles. The molecule has 1 heterocycles. The van der Waals surface area contributed by atoms with Crippen molar-refractivity contribution in [2.24, 2.45) is 11.8 Å². The molecule has 1 saturated heterocycles. The van der Waals surface area contributed by atoms with E-state index in [4.69, 9.17) is 11.6 Å². The molecule has 1 aliphatic heterocycles. The number of nitrogens with zero attached hydrogens (tertiary/aromatic N) is 1. The van der Waals surface area contributed by atoms with E-state index in [2.05, 4.69) is 0 Å². The van der Waals surface area contributed by atoms with Crippen LogP contribution in [-0.2, 0) is 14.4 Å². The Balaban J connectivity index is 1.85. The first-order valence-electron chi connectivity index (χ1n) is 7.23. The molecule has 2 amide bonds. The fourth-order valence-corrected chi connectivity index (χ4v) is 3.39. The smallest absolute Gasteiger partial charge is 0.238 e. The normalized spacial score (nSPS) is 26.5. The number of Topliss-reactive ketones (excluding diaryl/α,β-unsaturated/α-hetero) is 1. The Bertz CT molecular complexity index is 596. The Kier molecular flexibility index (Phi) is 3.81. The summed E-state index contributed by atoms with van der Waals surface area (Å²) in [6.07, 6.45) is 3.23. The molecular weight excluding hydrogens is 290 g/mol. The summed E-state index contributed by atoms with van der Waals surface area (Å²) < 4.78 is 0. The quantitative estimate of drug-likeness (QED) is 0.789. The number of ketones is 1. The summed E-state index contributed by atoms with van der Waals surface area (Å²) >= 11 is 5.83. The van der Waals surface area contributed by atoms with Gasteiger partial charge in [-0.25, -0.2) is 0 Å². The lowest BCUT2D eigenvalue weighted by atomic mass is 9.78. The molecule has 3 rings (SSSR count). The monoisotopic (exact) mass is 305 g/mol. The Morgan fingerprint density at radius 1 is 1.00 bits per heavy atom. The number of carbonyl (C=O) groups excluding carboxylic acids is 3. The first-order valence-corrected chi connectivity index (χ1v) is 7.61. The van der Waals surface area contributed by atoms with Crippen LogP contribution < -0.4 is 4.90 Å². The van der Waals surface area contributed by atoms with Crippen LogP contribution in [0.4, 0.5) is 5.69 Å². The lowest BCUT2D eigenvalue weighted by Crippen LogP contribution is -2.35. The van der Waals surface area contributed by atoms with Crippen molar-refractivity contribution in [1.82, 2.24) is 0 Å². The summed E-state index contributed by atoms with van der Waals surface area (Å²) in [5, 5.41) is 0.553. The van der Waals surface area contributed by atoms with Crippen molar-refractivity contribution >= 4 is 34.9 Å². The average molecular weight is 306 g/mol. The third-order valence-corrected chi connectivity index (χ3v) is 4.61. The van der Waals surface area contributed by atoms with Gasteiger partial charge in [0.1, 0.15) is 5.78 Å². The molecule has 1 aromatic carbocycles. The van der Waals surface area contributed by atoms with Gasteiger partial charge in [-0.1, -0.05) is 18.0 Å². The highest BCUT2D eigenvalue weighted by Gasteiger charge is 2.46. The summed E-state index contributed by atoms with van der Waals surface area (Å²) in [4.78, 5) is 38.0. The molecule has 0 bridgehead atoms. The van der Waals surface area contributed by atoms with Gasteiger partial charge in [0.2, 0.25) is 11.8 Å². The van der Waals surface area contributed by atoms with Gasteiger partial charge < -0.3 is 0 Å². The molecule has 2 aliphatic rings. The van der Waals surface area contributed by atoms with E-state index in [1.54, 1.807) is 24.3 Å². The molecule has 21 heavy (non-hydrogen) atoms. The maximum Gasteiger partial charge on any atom is 0.238 e. The third kappa shape index (κ3) is 2.60. The van der Waals surface area contributed by atoms with E-state index in [1.165, 1.54) is 4.90 Å². The molecule has 2 atom stereocenters. The molecule has 110 valence electrons. The summed E-state index contributed by atoms with van der Waals surface area (Å²) in [6, 6.07) is 6.61. The highest BCUT2D eigenvalue weighted by molar-refractivity contribution is 6.30. The minimum absolute atomic E-state index is 0.130. The van der Waals surface area contributed by atoms with Crippen molar-refractivity contribution < 1.29 is 14.4 Å². The predicted octanol–water partition coefficient (Wildman–Crippen LogP) is 2.98. The number of hydrogen-bond acceptors (Lipinski definition) is 3. The van der Waals surface area contributed by atoms with Gasteiger partial charge in [0.15, 0.2) is 0 Å². The maximum atomic E-state index is 12.6. The van der Waals surface area contributed by atoms with Crippen LogP contribution in [0.25, 0.3) is 0 Å². The second-order valence-electron chi connectivity index (χ2n) is 5.67. The van der Waals surface area contributed by atoms with E-state index in [0.29, 0.717) is 17.1 Å². The highest BCUT2D eigenvalue weighted by atomic mass is 35.5. The Hall–Kier alpha value is -1.68. The second-order valence-corrected chi connectivity index (χ2v) is 6.11. The lowest BCUT2D eigenvalue weighted by Gasteiger charge is -2.24. The molecule has 0 radical (unpaired) electrons. The van der Waals surface area contributed by atoms with E-state index in [0.717, 1.165) is 19.3 Å². The van der Waals surface area contributed by atoms with E-state index in [9.17, 15) is 14.4 Å². The maximum absolute atomic E-state index is 12.6. The Morgan fingerprint density at radius 2 is 1.71 bits per heavy atom. The minimum atomic E-state index is -0.485. The standard InChI is InChI=1S/C16H16ClNO3/c17-10-5-7-11(8-6-10)18-15(20)9-13(16(18)21)12-3-1-2-4-14(12)19/h5-8,12-13H,1-4,9H2. The molecular formula is C16H16ClNO3. The van der Waals surface area contributed by atoms with Gasteiger partial charge in [-0.15, -0.1) is 0 Å². The summed E-state index contributed by atoms with van der Waals surface area (Å²) in [7, 11) is 0. The van der Waals surface area contributed by atoms with Crippen molar-refractivity contribution in [1.29, 1.82) is 0 Å². The number of anilines is 1. The molecule has 0 N–H and O–H groups in total. The van der Waals surface area contributed by atoms with E-state index < -0.39 is 5.92 Å². The first kappa shape index (κ1) is 14.3. The molecule has 5 heteroatoms. The van der Waals surface area contributed by atoms with Gasteiger partial charge in [0, 0.05) is 23.8 Å². The average Bonchev–Trinajstić information content (AvgIpc) is 2.76. The number of carbonyl (C=O) groups is 3. The van der Waals surface area contributed by atoms with Gasteiger partial charge in [0.25, 0.3) is 0 Å². The van der Waals surface area contributed by atoms with Crippen molar-refractivity contribution in [2.75, 3.05) is 4.90 Å². The predicted molar refractivity (Wildman–Crippen MR) is 79.0 cm³/mol.